The molecule has 15 heavy (non-hydrogen) atoms. The van der Waals surface area contributed by atoms with Crippen molar-refractivity contribution in [3.8, 4) is 0 Å². The first-order chi connectivity index (χ1) is 7.15. The highest BCUT2D eigenvalue weighted by Gasteiger charge is 2.03. The molecule has 0 spiro atoms. The first-order valence-corrected chi connectivity index (χ1v) is 5.60. The number of aromatic nitrogens is 3. The van der Waals surface area contributed by atoms with Gasteiger partial charge >= 0.3 is 0 Å². The molecule has 0 amide bonds. The van der Waals surface area contributed by atoms with E-state index in [1.807, 2.05) is 32.4 Å². The van der Waals surface area contributed by atoms with Gasteiger partial charge in [-0.3, -0.25) is 0 Å². The Hall–Kier alpha value is -0.940. The van der Waals surface area contributed by atoms with Crippen LogP contribution in [0.4, 0.5) is 0 Å². The SMILES string of the molecule is CN(C)CCc1nc2ccc(Br)cn2n1. The van der Waals surface area contributed by atoms with Crippen molar-refractivity contribution in [1.29, 1.82) is 0 Å². The van der Waals surface area contributed by atoms with E-state index >= 15 is 0 Å². The van der Waals surface area contributed by atoms with Crippen LogP contribution in [0, 0.1) is 0 Å². The second-order valence-corrected chi connectivity index (χ2v) is 4.65. The lowest BCUT2D eigenvalue weighted by Gasteiger charge is -2.05. The van der Waals surface area contributed by atoms with Gasteiger partial charge in [0.05, 0.1) is 0 Å². The van der Waals surface area contributed by atoms with Gasteiger partial charge in [0.1, 0.15) is 0 Å². The van der Waals surface area contributed by atoms with Crippen LogP contribution in [-0.4, -0.2) is 40.1 Å². The van der Waals surface area contributed by atoms with E-state index in [2.05, 4.69) is 30.9 Å². The standard InChI is InChI=1S/C10H13BrN4/c1-14(2)6-5-9-12-10-4-3-8(11)7-15(10)13-9/h3-4,7H,5-6H2,1-2H3. The summed E-state index contributed by atoms with van der Waals surface area (Å²) in [5.74, 6) is 0.891. The molecule has 0 aliphatic rings. The minimum Gasteiger partial charge on any atom is -0.309 e. The van der Waals surface area contributed by atoms with E-state index in [0.29, 0.717) is 0 Å². The van der Waals surface area contributed by atoms with Crippen LogP contribution in [0.2, 0.25) is 0 Å². The Labute approximate surface area is 97.0 Å². The third-order valence-corrected chi connectivity index (χ3v) is 2.59. The third-order valence-electron chi connectivity index (χ3n) is 2.12. The number of pyridine rings is 1. The topological polar surface area (TPSA) is 33.4 Å². The molecular weight excluding hydrogens is 256 g/mol. The first kappa shape index (κ1) is 10.6. The summed E-state index contributed by atoms with van der Waals surface area (Å²) in [6, 6.07) is 3.93. The molecule has 0 atom stereocenters. The molecular formula is C10H13BrN4. The zero-order chi connectivity index (χ0) is 10.8. The lowest BCUT2D eigenvalue weighted by molar-refractivity contribution is 0.409. The molecule has 0 unspecified atom stereocenters. The average molecular weight is 269 g/mol. The maximum Gasteiger partial charge on any atom is 0.155 e. The van der Waals surface area contributed by atoms with Crippen molar-refractivity contribution in [1.82, 2.24) is 19.5 Å². The number of likely N-dealkylation sites (N-methyl/N-ethyl adjacent to an activating group) is 1. The van der Waals surface area contributed by atoms with Crippen LogP contribution in [0.1, 0.15) is 5.82 Å². The normalized spacial score (nSPS) is 11.5. The van der Waals surface area contributed by atoms with Crippen molar-refractivity contribution < 1.29 is 0 Å². The van der Waals surface area contributed by atoms with Crippen molar-refractivity contribution in [3.05, 3.63) is 28.6 Å². The van der Waals surface area contributed by atoms with Crippen LogP contribution in [0.3, 0.4) is 0 Å². The Bertz CT molecular complexity index is 463. The predicted octanol–water partition coefficient (Wildman–Crippen LogP) is 1.60. The first-order valence-electron chi connectivity index (χ1n) is 4.81. The Morgan fingerprint density at radius 2 is 2.20 bits per heavy atom. The number of nitrogens with zero attached hydrogens (tertiary/aromatic N) is 4. The summed E-state index contributed by atoms with van der Waals surface area (Å²) in [7, 11) is 4.10. The van der Waals surface area contributed by atoms with Crippen LogP contribution in [-0.2, 0) is 6.42 Å². The molecule has 5 heteroatoms. The van der Waals surface area contributed by atoms with E-state index in [1.54, 1.807) is 4.52 Å². The van der Waals surface area contributed by atoms with Gasteiger partial charge in [-0.25, -0.2) is 9.50 Å². The van der Waals surface area contributed by atoms with Gasteiger partial charge in [-0.15, -0.1) is 0 Å². The van der Waals surface area contributed by atoms with Gasteiger partial charge in [0.2, 0.25) is 0 Å². The number of hydrogen-bond donors (Lipinski definition) is 0. The predicted molar refractivity (Wildman–Crippen MR) is 62.9 cm³/mol. The lowest BCUT2D eigenvalue weighted by Crippen LogP contribution is -2.15. The van der Waals surface area contributed by atoms with Gasteiger partial charge in [0, 0.05) is 23.6 Å². The summed E-state index contributed by atoms with van der Waals surface area (Å²) < 4.78 is 2.81. The third kappa shape index (κ3) is 2.54. The highest BCUT2D eigenvalue weighted by Crippen LogP contribution is 2.10. The van der Waals surface area contributed by atoms with E-state index in [-0.39, 0.29) is 0 Å². The average Bonchev–Trinajstić information content (AvgIpc) is 2.56. The van der Waals surface area contributed by atoms with Gasteiger partial charge in [0.15, 0.2) is 11.5 Å². The molecule has 2 rings (SSSR count). The smallest absolute Gasteiger partial charge is 0.155 e. The maximum absolute atomic E-state index is 4.43. The molecule has 0 saturated heterocycles. The van der Waals surface area contributed by atoms with Gasteiger partial charge in [-0.2, -0.15) is 5.10 Å². The molecule has 0 bridgehead atoms. The van der Waals surface area contributed by atoms with Crippen molar-refractivity contribution in [2.75, 3.05) is 20.6 Å². The monoisotopic (exact) mass is 268 g/mol. The summed E-state index contributed by atoms with van der Waals surface area (Å²) >= 11 is 3.41. The molecule has 0 radical (unpaired) electrons. The summed E-state index contributed by atoms with van der Waals surface area (Å²) in [6.45, 7) is 0.970. The summed E-state index contributed by atoms with van der Waals surface area (Å²) in [4.78, 5) is 6.56. The van der Waals surface area contributed by atoms with Crippen molar-refractivity contribution in [2.45, 2.75) is 6.42 Å². The maximum atomic E-state index is 4.43. The van der Waals surface area contributed by atoms with E-state index in [0.717, 1.165) is 28.9 Å². The Morgan fingerprint density at radius 3 is 2.93 bits per heavy atom. The highest BCUT2D eigenvalue weighted by molar-refractivity contribution is 9.10. The molecule has 4 nitrogen and oxygen atoms in total. The fourth-order valence-corrected chi connectivity index (χ4v) is 1.66. The molecule has 0 fully saturated rings. The molecule has 2 aromatic rings. The molecule has 2 aromatic heterocycles. The number of rotatable bonds is 3. The van der Waals surface area contributed by atoms with E-state index in [9.17, 15) is 0 Å². The quantitative estimate of drug-likeness (QED) is 0.848. The minimum atomic E-state index is 0.881. The molecule has 0 N–H and O–H groups in total. The summed E-state index contributed by atoms with van der Waals surface area (Å²) in [5, 5.41) is 4.39. The Morgan fingerprint density at radius 1 is 1.40 bits per heavy atom. The Kier molecular flexibility index (Phi) is 3.02. The molecule has 2 heterocycles. The minimum absolute atomic E-state index is 0.881. The lowest BCUT2D eigenvalue weighted by atomic mass is 10.4. The van der Waals surface area contributed by atoms with Crippen LogP contribution in [0.25, 0.3) is 5.65 Å². The van der Waals surface area contributed by atoms with Crippen molar-refractivity contribution >= 4 is 21.6 Å². The fraction of sp³-hybridized carbons (Fsp3) is 0.400. The van der Waals surface area contributed by atoms with Crippen molar-refractivity contribution in [3.63, 3.8) is 0 Å². The molecule has 0 aromatic carbocycles. The zero-order valence-electron chi connectivity index (χ0n) is 8.81. The van der Waals surface area contributed by atoms with E-state index in [4.69, 9.17) is 0 Å². The fourth-order valence-electron chi connectivity index (χ4n) is 1.33. The molecule has 80 valence electrons. The van der Waals surface area contributed by atoms with Crippen LogP contribution < -0.4 is 0 Å². The van der Waals surface area contributed by atoms with Gasteiger partial charge in [0.25, 0.3) is 0 Å². The van der Waals surface area contributed by atoms with Gasteiger partial charge < -0.3 is 4.90 Å². The second kappa shape index (κ2) is 4.28. The molecule has 0 aliphatic heterocycles. The molecule has 0 aliphatic carbocycles. The highest BCUT2D eigenvalue weighted by atomic mass is 79.9. The second-order valence-electron chi connectivity index (χ2n) is 3.73. The van der Waals surface area contributed by atoms with Gasteiger partial charge in [-0.05, 0) is 42.2 Å². The largest absolute Gasteiger partial charge is 0.309 e. The number of halogens is 1. The van der Waals surface area contributed by atoms with Gasteiger partial charge in [-0.1, -0.05) is 0 Å². The van der Waals surface area contributed by atoms with Crippen LogP contribution in [0.15, 0.2) is 22.8 Å². The number of hydrogen-bond acceptors (Lipinski definition) is 3. The molecule has 0 saturated carbocycles. The van der Waals surface area contributed by atoms with E-state index in [1.165, 1.54) is 0 Å². The summed E-state index contributed by atoms with van der Waals surface area (Å²) in [5.41, 5.74) is 0.895. The Balaban J connectivity index is 2.23. The van der Waals surface area contributed by atoms with E-state index < -0.39 is 0 Å². The van der Waals surface area contributed by atoms with Crippen LogP contribution >= 0.6 is 15.9 Å². The number of fused-ring (bicyclic) bond motifs is 1. The van der Waals surface area contributed by atoms with Crippen LogP contribution in [0.5, 0.6) is 0 Å². The summed E-state index contributed by atoms with van der Waals surface area (Å²) in [6.07, 6.45) is 2.80. The van der Waals surface area contributed by atoms with Crippen molar-refractivity contribution in [2.24, 2.45) is 0 Å². The zero-order valence-corrected chi connectivity index (χ0v) is 10.4.